The van der Waals surface area contributed by atoms with Crippen LogP contribution < -0.4 is 5.32 Å². The first kappa shape index (κ1) is 16.6. The highest BCUT2D eigenvalue weighted by molar-refractivity contribution is 6.08. The maximum absolute atomic E-state index is 12.2. The molecular formula is C15H17N3O5. The highest BCUT2D eigenvalue weighted by Crippen LogP contribution is 2.20. The molecule has 8 nitrogen and oxygen atoms in total. The van der Waals surface area contributed by atoms with Crippen molar-refractivity contribution < 1.29 is 19.3 Å². The molecule has 122 valence electrons. The predicted octanol–water partition coefficient (Wildman–Crippen LogP) is 1.17. The first-order chi connectivity index (χ1) is 10.7. The molecule has 1 aliphatic rings. The summed E-state index contributed by atoms with van der Waals surface area (Å²) in [6.07, 6.45) is -0.0747. The third kappa shape index (κ3) is 3.20. The molecule has 1 fully saturated rings. The minimum absolute atomic E-state index is 0.0747. The van der Waals surface area contributed by atoms with Crippen LogP contribution in [0.4, 0.5) is 5.69 Å². The zero-order valence-electron chi connectivity index (χ0n) is 13.0. The molecule has 1 heterocycles. The largest absolute Gasteiger partial charge is 0.340 e. The van der Waals surface area contributed by atoms with Crippen molar-refractivity contribution in [2.75, 3.05) is 0 Å². The zero-order chi connectivity index (χ0) is 17.3. The fraction of sp³-hybridized carbons (Fsp3) is 0.400. The van der Waals surface area contributed by atoms with E-state index in [-0.39, 0.29) is 29.6 Å². The Hall–Kier alpha value is -2.77. The number of aryl methyl sites for hydroxylation is 1. The molecule has 0 radical (unpaired) electrons. The Morgan fingerprint density at radius 1 is 1.39 bits per heavy atom. The summed E-state index contributed by atoms with van der Waals surface area (Å²) in [6.45, 7) is 4.97. The summed E-state index contributed by atoms with van der Waals surface area (Å²) in [6, 6.07) is 2.79. The van der Waals surface area contributed by atoms with Crippen molar-refractivity contribution in [3.05, 3.63) is 39.4 Å². The second kappa shape index (κ2) is 6.15. The van der Waals surface area contributed by atoms with Crippen LogP contribution in [0.1, 0.15) is 36.2 Å². The average molecular weight is 319 g/mol. The Balaban J connectivity index is 2.14. The van der Waals surface area contributed by atoms with Gasteiger partial charge in [-0.05, 0) is 32.9 Å². The molecule has 1 saturated heterocycles. The van der Waals surface area contributed by atoms with Gasteiger partial charge in [-0.25, -0.2) is 0 Å². The molecule has 1 N–H and O–H groups in total. The maximum Gasteiger partial charge on any atom is 0.272 e. The summed E-state index contributed by atoms with van der Waals surface area (Å²) in [5.41, 5.74) is 0.469. The van der Waals surface area contributed by atoms with Crippen molar-refractivity contribution in [3.63, 3.8) is 0 Å². The van der Waals surface area contributed by atoms with E-state index >= 15 is 0 Å². The van der Waals surface area contributed by atoms with E-state index in [2.05, 4.69) is 5.32 Å². The molecule has 1 aromatic rings. The Morgan fingerprint density at radius 3 is 2.52 bits per heavy atom. The van der Waals surface area contributed by atoms with Crippen LogP contribution in [0.3, 0.4) is 0 Å². The van der Waals surface area contributed by atoms with E-state index in [9.17, 15) is 24.5 Å². The van der Waals surface area contributed by atoms with Gasteiger partial charge in [-0.3, -0.25) is 29.4 Å². The SMILES string of the molecule is Cc1cc(C(=O)N[C@H]2CC(=O)N(C(C)C)C2=O)ccc1[N+](=O)[O-]. The normalized spacial score (nSPS) is 17.7. The van der Waals surface area contributed by atoms with Gasteiger partial charge in [0.1, 0.15) is 6.04 Å². The summed E-state index contributed by atoms with van der Waals surface area (Å²) in [7, 11) is 0. The summed E-state index contributed by atoms with van der Waals surface area (Å²) < 4.78 is 0. The second-order valence-corrected chi connectivity index (χ2v) is 5.68. The topological polar surface area (TPSA) is 110 Å². The number of hydrogen-bond acceptors (Lipinski definition) is 5. The summed E-state index contributed by atoms with van der Waals surface area (Å²) in [5, 5.41) is 13.3. The van der Waals surface area contributed by atoms with Crippen molar-refractivity contribution in [1.82, 2.24) is 10.2 Å². The van der Waals surface area contributed by atoms with Gasteiger partial charge in [0.25, 0.3) is 17.5 Å². The number of benzene rings is 1. The van der Waals surface area contributed by atoms with Gasteiger partial charge < -0.3 is 5.32 Å². The molecule has 23 heavy (non-hydrogen) atoms. The Bertz CT molecular complexity index is 698. The second-order valence-electron chi connectivity index (χ2n) is 5.68. The van der Waals surface area contributed by atoms with Gasteiger partial charge in [-0.15, -0.1) is 0 Å². The van der Waals surface area contributed by atoms with Crippen LogP contribution in [0, 0.1) is 17.0 Å². The lowest BCUT2D eigenvalue weighted by Gasteiger charge is -2.19. The number of carbonyl (C=O) groups excluding carboxylic acids is 3. The van der Waals surface area contributed by atoms with E-state index < -0.39 is 22.8 Å². The van der Waals surface area contributed by atoms with Crippen LogP contribution in [-0.4, -0.2) is 39.6 Å². The Kier molecular flexibility index (Phi) is 4.44. The van der Waals surface area contributed by atoms with Gasteiger partial charge in [0.2, 0.25) is 5.91 Å². The van der Waals surface area contributed by atoms with Crippen molar-refractivity contribution in [2.45, 2.75) is 39.3 Å². The van der Waals surface area contributed by atoms with Gasteiger partial charge in [0, 0.05) is 23.2 Å². The number of nitro benzene ring substituents is 1. The molecule has 3 amide bonds. The molecule has 0 spiro atoms. The van der Waals surface area contributed by atoms with Gasteiger partial charge in [0.15, 0.2) is 0 Å². The third-order valence-corrected chi connectivity index (χ3v) is 3.66. The van der Waals surface area contributed by atoms with E-state index in [0.29, 0.717) is 5.56 Å². The zero-order valence-corrected chi connectivity index (χ0v) is 13.0. The molecular weight excluding hydrogens is 302 g/mol. The number of hydrogen-bond donors (Lipinski definition) is 1. The number of nitrogens with one attached hydrogen (secondary N) is 1. The summed E-state index contributed by atoms with van der Waals surface area (Å²) in [4.78, 5) is 47.5. The van der Waals surface area contributed by atoms with Crippen LogP contribution in [-0.2, 0) is 9.59 Å². The molecule has 8 heteroatoms. The monoisotopic (exact) mass is 319 g/mol. The van der Waals surface area contributed by atoms with Crippen molar-refractivity contribution in [2.24, 2.45) is 0 Å². The third-order valence-electron chi connectivity index (χ3n) is 3.66. The van der Waals surface area contributed by atoms with Crippen molar-refractivity contribution in [3.8, 4) is 0 Å². The lowest BCUT2D eigenvalue weighted by atomic mass is 10.1. The van der Waals surface area contributed by atoms with Crippen LogP contribution in [0.25, 0.3) is 0 Å². The molecule has 0 aromatic heterocycles. The molecule has 2 rings (SSSR count). The van der Waals surface area contributed by atoms with E-state index in [1.165, 1.54) is 25.1 Å². The van der Waals surface area contributed by atoms with Crippen molar-refractivity contribution >= 4 is 23.4 Å². The minimum atomic E-state index is -0.895. The molecule has 0 unspecified atom stereocenters. The number of imide groups is 1. The van der Waals surface area contributed by atoms with Gasteiger partial charge in [-0.1, -0.05) is 0 Å². The number of nitro groups is 1. The van der Waals surface area contributed by atoms with Gasteiger partial charge in [0.05, 0.1) is 11.3 Å². The molecule has 0 saturated carbocycles. The smallest absolute Gasteiger partial charge is 0.272 e. The first-order valence-corrected chi connectivity index (χ1v) is 7.14. The van der Waals surface area contributed by atoms with E-state index in [0.717, 1.165) is 4.90 Å². The maximum atomic E-state index is 12.2. The lowest BCUT2D eigenvalue weighted by Crippen LogP contribution is -2.43. The molecule has 1 atom stereocenters. The highest BCUT2D eigenvalue weighted by Gasteiger charge is 2.40. The number of likely N-dealkylation sites (tertiary alicyclic amines) is 1. The number of carbonyl (C=O) groups is 3. The van der Waals surface area contributed by atoms with Crippen LogP contribution in [0.2, 0.25) is 0 Å². The fourth-order valence-corrected chi connectivity index (χ4v) is 2.55. The Labute approximate surface area is 132 Å². The van der Waals surface area contributed by atoms with Crippen LogP contribution >= 0.6 is 0 Å². The van der Waals surface area contributed by atoms with Crippen LogP contribution in [0.5, 0.6) is 0 Å². The highest BCUT2D eigenvalue weighted by atomic mass is 16.6. The molecule has 1 aliphatic heterocycles. The molecule has 1 aromatic carbocycles. The fourth-order valence-electron chi connectivity index (χ4n) is 2.55. The molecule has 0 bridgehead atoms. The first-order valence-electron chi connectivity index (χ1n) is 7.14. The quantitative estimate of drug-likeness (QED) is 0.509. The van der Waals surface area contributed by atoms with Crippen molar-refractivity contribution in [1.29, 1.82) is 0 Å². The number of amides is 3. The average Bonchev–Trinajstić information content (AvgIpc) is 2.72. The minimum Gasteiger partial charge on any atom is -0.340 e. The van der Waals surface area contributed by atoms with Crippen LogP contribution in [0.15, 0.2) is 18.2 Å². The Morgan fingerprint density at radius 2 is 2.04 bits per heavy atom. The van der Waals surface area contributed by atoms with E-state index in [4.69, 9.17) is 0 Å². The predicted molar refractivity (Wildman–Crippen MR) is 80.7 cm³/mol. The van der Waals surface area contributed by atoms with E-state index in [1.807, 2.05) is 0 Å². The number of rotatable bonds is 4. The number of nitrogens with zero attached hydrogens (tertiary/aromatic N) is 2. The van der Waals surface area contributed by atoms with Gasteiger partial charge >= 0.3 is 0 Å². The summed E-state index contributed by atoms with van der Waals surface area (Å²) in [5.74, 6) is -1.30. The molecule has 0 aliphatic carbocycles. The standard InChI is InChI=1S/C15H17N3O5/c1-8(2)17-13(19)7-11(15(17)21)16-14(20)10-4-5-12(18(22)23)9(3)6-10/h4-6,8,11H,7H2,1-3H3,(H,16,20)/t11-/m0/s1. The van der Waals surface area contributed by atoms with E-state index in [1.54, 1.807) is 13.8 Å². The summed E-state index contributed by atoms with van der Waals surface area (Å²) >= 11 is 0. The lowest BCUT2D eigenvalue weighted by molar-refractivity contribution is -0.385. The van der Waals surface area contributed by atoms with Gasteiger partial charge in [-0.2, -0.15) is 0 Å².